The van der Waals surface area contributed by atoms with E-state index in [1.54, 1.807) is 20.8 Å². The normalized spacial score (nSPS) is 26.7. The highest BCUT2D eigenvalue weighted by molar-refractivity contribution is 7.44. The number of phosphoric acid groups is 1. The topological polar surface area (TPSA) is 500 Å². The van der Waals surface area contributed by atoms with E-state index in [0.717, 1.165) is 38.5 Å². The van der Waals surface area contributed by atoms with Crippen molar-refractivity contribution in [3.05, 3.63) is 0 Å². The summed E-state index contributed by atoms with van der Waals surface area (Å²) in [5, 5.41) is 106. The molecule has 4 heterocycles. The highest BCUT2D eigenvalue weighted by atomic mass is 31.2. The van der Waals surface area contributed by atoms with Gasteiger partial charge in [0, 0.05) is 140 Å². The van der Waals surface area contributed by atoms with Gasteiger partial charge in [-0.2, -0.15) is 0 Å². The zero-order valence-corrected chi connectivity index (χ0v) is 70.6. The average Bonchev–Trinajstić information content (AvgIpc) is 1.33. The van der Waals surface area contributed by atoms with Gasteiger partial charge in [0.1, 0.15) is 71.3 Å². The summed E-state index contributed by atoms with van der Waals surface area (Å²) in [5.74, 6) is -1.43. The maximum Gasteiger partial charge on any atom is 0.265 e. The quantitative estimate of drug-likeness (QED) is 0.0267. The Labute approximate surface area is 687 Å². The van der Waals surface area contributed by atoms with Crippen LogP contribution in [0.1, 0.15) is 284 Å². The third-order valence-electron chi connectivity index (χ3n) is 23.0. The number of hydrogen-bond acceptors (Lipinski definition) is 29. The minimum Gasteiger partial charge on any atom is -0.756 e. The average molecular weight is 1680 g/mol. The molecule has 4 aliphatic rings. The van der Waals surface area contributed by atoms with Gasteiger partial charge in [-0.1, -0.05) is 85.0 Å². The number of nitrogens with zero attached hydrogens (tertiary/aromatic N) is 1. The highest BCUT2D eigenvalue weighted by Gasteiger charge is 2.45. The first-order valence-corrected chi connectivity index (χ1v) is 45.0. The van der Waals surface area contributed by atoms with Crippen molar-refractivity contribution in [3.8, 4) is 0 Å². The summed E-state index contributed by atoms with van der Waals surface area (Å²) >= 11 is 0. The molecule has 32 nitrogen and oxygen atoms in total. The number of likely N-dealkylation sites (tertiary alicyclic amines) is 1. The predicted octanol–water partition coefficient (Wildman–Crippen LogP) is 5.43. The van der Waals surface area contributed by atoms with Gasteiger partial charge in [0.25, 0.3) is 7.82 Å². The fourth-order valence-electron chi connectivity index (χ4n) is 15.5. The van der Waals surface area contributed by atoms with Crippen molar-refractivity contribution in [3.63, 3.8) is 0 Å². The van der Waals surface area contributed by atoms with Crippen LogP contribution >= 0.6 is 7.82 Å². The van der Waals surface area contributed by atoms with Crippen molar-refractivity contribution in [1.82, 2.24) is 15.5 Å². The van der Waals surface area contributed by atoms with E-state index in [-0.39, 0.29) is 125 Å². The number of amides is 2. The van der Waals surface area contributed by atoms with Crippen LogP contribution in [0.2, 0.25) is 0 Å². The second kappa shape index (κ2) is 60.0. The largest absolute Gasteiger partial charge is 0.756 e. The number of ether oxygens (including phenoxy) is 7. The number of nitrogens with one attached hydrogen (secondary N) is 2. The van der Waals surface area contributed by atoms with E-state index in [9.17, 15) is 98.9 Å². The molecule has 116 heavy (non-hydrogen) atoms. The molecule has 674 valence electrons. The lowest BCUT2D eigenvalue weighted by molar-refractivity contribution is -0.282. The molecule has 0 bridgehead atoms. The maximum absolute atomic E-state index is 14.3. The van der Waals surface area contributed by atoms with Crippen LogP contribution in [0.4, 0.5) is 0 Å². The number of hydrogen-bond donors (Lipinski definition) is 13. The van der Waals surface area contributed by atoms with Crippen LogP contribution in [0.15, 0.2) is 0 Å². The van der Waals surface area contributed by atoms with Crippen molar-refractivity contribution in [2.24, 2.45) is 23.2 Å². The molecule has 0 aliphatic carbocycles. The molecule has 4 aliphatic heterocycles. The molecular formula is C83H147N3O29P-. The lowest BCUT2D eigenvalue weighted by atomic mass is 9.74. The number of carbonyl (C=O) groups is 8. The molecule has 2 amide bonds. The number of carbonyl (C=O) groups excluding carboxylic acids is 8. The Bertz CT molecular complexity index is 2710. The predicted molar refractivity (Wildman–Crippen MR) is 424 cm³/mol. The van der Waals surface area contributed by atoms with Gasteiger partial charge < -0.3 is 114 Å². The Balaban J connectivity index is 1.27. The van der Waals surface area contributed by atoms with Crippen LogP contribution in [0, 0.1) is 23.2 Å². The van der Waals surface area contributed by atoms with Gasteiger partial charge >= 0.3 is 0 Å². The summed E-state index contributed by atoms with van der Waals surface area (Å²) in [6.07, 6.45) is 9.15. The summed E-state index contributed by atoms with van der Waals surface area (Å²) in [5.41, 5.74) is -0.662. The number of aliphatic hydroxyl groups excluding tert-OH is 10. The van der Waals surface area contributed by atoms with Crippen molar-refractivity contribution < 1.29 is 141 Å². The van der Waals surface area contributed by atoms with E-state index in [1.807, 2.05) is 0 Å². The first kappa shape index (κ1) is 105. The van der Waals surface area contributed by atoms with Gasteiger partial charge in [0.2, 0.25) is 11.8 Å². The van der Waals surface area contributed by atoms with Gasteiger partial charge in [-0.25, -0.2) is 0 Å². The van der Waals surface area contributed by atoms with Gasteiger partial charge in [0.15, 0.2) is 18.9 Å². The van der Waals surface area contributed by atoms with Crippen molar-refractivity contribution in [2.75, 3.05) is 85.6 Å². The molecule has 4 rings (SSSR count). The molecule has 0 saturated carbocycles. The number of Topliss-reactive ketones (excluding diaryl/α,β-unsaturated/α-hetero) is 6. The molecule has 0 aromatic carbocycles. The SMILES string of the molecule is CC1C(OCCCCC(=O)CCCCCC(=O)CCCCC(CCCCC(=O)NCCCNCC(=O)CCCCOC2OC(CO)C(O)C(O)C2C)(COCCC(=O)CCCCCC(=O)CCCCOC2OC(CO)C(O)C(O)C2C)CC(=O)CCCCCCCCCCC(=O)N2C[C@H](O)C[C@H]2COP(=O)([O-])O)OC(CO)C(O)C1O. The summed E-state index contributed by atoms with van der Waals surface area (Å²) in [6.45, 7) is 5.53. The van der Waals surface area contributed by atoms with Crippen molar-refractivity contribution in [1.29, 1.82) is 0 Å². The molecule has 17 unspecified atom stereocenters. The van der Waals surface area contributed by atoms with Crippen LogP contribution in [-0.2, 0) is 80.6 Å². The second-order valence-electron chi connectivity index (χ2n) is 33.0. The molecule has 4 fully saturated rings. The molecule has 4 saturated heterocycles. The van der Waals surface area contributed by atoms with Crippen LogP contribution < -0.4 is 15.5 Å². The van der Waals surface area contributed by atoms with Crippen LogP contribution in [-0.4, -0.2) is 279 Å². The first-order valence-electron chi connectivity index (χ1n) is 43.6. The lowest BCUT2D eigenvalue weighted by Crippen LogP contribution is -2.55. The maximum atomic E-state index is 14.3. The second-order valence-corrected chi connectivity index (χ2v) is 34.2. The third kappa shape index (κ3) is 42.9. The Morgan fingerprint density at radius 1 is 0.440 bits per heavy atom. The monoisotopic (exact) mass is 1680 g/mol. The molecule has 13 N–H and O–H groups in total. The molecule has 0 aromatic rings. The summed E-state index contributed by atoms with van der Waals surface area (Å²) < 4.78 is 56.2. The molecule has 33 heteroatoms. The van der Waals surface area contributed by atoms with Crippen LogP contribution in [0.3, 0.4) is 0 Å². The Kier molecular flexibility index (Phi) is 54.1. The molecule has 0 aromatic heterocycles. The molecular weight excluding hydrogens is 1530 g/mol. The number of ketones is 6. The van der Waals surface area contributed by atoms with E-state index in [1.165, 1.54) is 4.90 Å². The molecule has 0 radical (unpaired) electrons. The Morgan fingerprint density at radius 2 is 0.802 bits per heavy atom. The summed E-state index contributed by atoms with van der Waals surface area (Å²) in [7, 11) is -4.99. The zero-order valence-electron chi connectivity index (χ0n) is 69.7. The van der Waals surface area contributed by atoms with E-state index in [4.69, 9.17) is 38.1 Å². The fourth-order valence-corrected chi connectivity index (χ4v) is 15.9. The van der Waals surface area contributed by atoms with E-state index >= 15 is 0 Å². The number of β-amino-alcohol motifs (C(OH)–C–C–N with tert-alkyl or cyclic N) is 1. The number of phosphoric ester groups is 1. The summed E-state index contributed by atoms with van der Waals surface area (Å²) in [6, 6.07) is -0.655. The minimum atomic E-state index is -4.99. The standard InChI is InChI=1S/C83H148N3O29P/c1-58-74(99)77(102)69(53-87)113-80(58)109-45-25-20-34-63(91)30-14-10-13-29-62(90)33-18-23-41-83(50-66(94)36-12-8-6-4-5-7-9-17-39-73(98)86-52-68(96)49-61(86)56-112-116(105,106)107,57-108-48-40-65(93)32-16-11-15-31-64(92)35-21-26-46-110-81-59(2)75(100)78(103)70(54-88)114-81)42-24-19-38-72(97)85-44-28-43-84-51-67(95)37-22-27-47-111-82-60(3)76(101)79(104)71(55-89)115-82/h58-61,68-71,74-82,84,87-89,96,99-104H,4-57H2,1-3H3,(H,85,97)(H2,105,106,107)/p-1/t58?,59?,60?,61-,68+,69?,70?,71?,74?,75?,76?,77?,78?,79?,80?,81?,82?,83?/m0/s1. The molecule has 0 spiro atoms. The van der Waals surface area contributed by atoms with Gasteiger partial charge in [-0.05, 0) is 122 Å². The Morgan fingerprint density at radius 3 is 1.22 bits per heavy atom. The summed E-state index contributed by atoms with van der Waals surface area (Å²) in [4.78, 5) is 127. The van der Waals surface area contributed by atoms with E-state index < -0.39 is 143 Å². The first-order chi connectivity index (χ1) is 55.5. The van der Waals surface area contributed by atoms with Crippen LogP contribution in [0.25, 0.3) is 0 Å². The highest BCUT2D eigenvalue weighted by Crippen LogP contribution is 2.39. The third-order valence-corrected chi connectivity index (χ3v) is 23.5. The number of rotatable bonds is 70. The van der Waals surface area contributed by atoms with Crippen molar-refractivity contribution in [2.45, 2.75) is 370 Å². The fraction of sp³-hybridized carbons (Fsp3) is 0.904. The number of aliphatic hydroxyl groups is 10. The number of unbranched alkanes of at least 4 members (excludes halogenated alkanes) is 16. The van der Waals surface area contributed by atoms with Crippen LogP contribution in [0.5, 0.6) is 0 Å². The zero-order chi connectivity index (χ0) is 85.3. The van der Waals surface area contributed by atoms with Crippen molar-refractivity contribution >= 4 is 54.3 Å². The minimum absolute atomic E-state index is 0.0160. The van der Waals surface area contributed by atoms with Gasteiger partial charge in [-0.15, -0.1) is 0 Å². The van der Waals surface area contributed by atoms with Gasteiger partial charge in [0.05, 0.1) is 76.6 Å². The van der Waals surface area contributed by atoms with E-state index in [2.05, 4.69) is 15.2 Å². The van der Waals surface area contributed by atoms with E-state index in [0.29, 0.717) is 206 Å². The molecule has 19 atom stereocenters. The Hall–Kier alpha value is -3.65. The smallest absolute Gasteiger partial charge is 0.265 e. The lowest BCUT2D eigenvalue weighted by Gasteiger charge is -2.40. The van der Waals surface area contributed by atoms with Gasteiger partial charge in [-0.3, -0.25) is 42.9 Å².